The molecule has 0 aromatic heterocycles. The van der Waals surface area contributed by atoms with Crippen molar-refractivity contribution < 1.29 is 13.3 Å². The van der Waals surface area contributed by atoms with E-state index in [2.05, 4.69) is 61.6 Å². The van der Waals surface area contributed by atoms with Crippen LogP contribution in [0.2, 0.25) is 0 Å². The topological polar surface area (TPSA) is 57.5 Å². The number of rotatable bonds is 11. The molecule has 7 heteroatoms. The molecule has 37 heavy (non-hydrogen) atoms. The van der Waals surface area contributed by atoms with E-state index < -0.39 is 0 Å². The summed E-state index contributed by atoms with van der Waals surface area (Å²) in [5.74, 6) is 0.602. The van der Waals surface area contributed by atoms with E-state index in [4.69, 9.17) is 14.2 Å². The highest BCUT2D eigenvalue weighted by Crippen LogP contribution is 2.47. The third kappa shape index (κ3) is 8.77. The number of halogens is 1. The fraction of sp³-hybridized carbons (Fsp3) is 0.500. The van der Waals surface area contributed by atoms with E-state index in [-0.39, 0.29) is 16.6 Å². The fourth-order valence-corrected chi connectivity index (χ4v) is 5.40. The van der Waals surface area contributed by atoms with E-state index in [1.165, 1.54) is 35.5 Å². The minimum atomic E-state index is -0.246. The van der Waals surface area contributed by atoms with Crippen LogP contribution < -0.4 is 5.32 Å². The minimum absolute atomic E-state index is 0.180. The van der Waals surface area contributed by atoms with Crippen molar-refractivity contribution in [1.82, 2.24) is 4.31 Å². The second-order valence-electron chi connectivity index (χ2n) is 11.0. The molecule has 1 aromatic rings. The van der Waals surface area contributed by atoms with E-state index >= 15 is 0 Å². The van der Waals surface area contributed by atoms with Gasteiger partial charge in [0.15, 0.2) is 0 Å². The number of nitriles is 1. The zero-order valence-electron chi connectivity index (χ0n) is 22.8. The van der Waals surface area contributed by atoms with Crippen molar-refractivity contribution >= 4 is 17.9 Å². The predicted molar refractivity (Wildman–Crippen MR) is 151 cm³/mol. The zero-order chi connectivity index (χ0) is 26.9. The van der Waals surface area contributed by atoms with Gasteiger partial charge in [-0.2, -0.15) is 5.26 Å². The predicted octanol–water partition coefficient (Wildman–Crippen LogP) is 7.94. The average Bonchev–Trinajstić information content (AvgIpc) is 2.85. The standard InChI is InChI=1S/C30H40FN3O2S/c1-6-27(9-7-15-29(3,4)5)36-37-34-17-14-24-19-28(33-26-12-10-25(31)11-13-26)23(2)20-30(24,21-34)22-35-18-8-16-32/h6-7,9-13,19,33H,8,14-15,17-18,20-22H2,1-5H3/b9-7-,27-6+. The Hall–Kier alpha value is -2.53. The zero-order valence-corrected chi connectivity index (χ0v) is 23.6. The van der Waals surface area contributed by atoms with Crippen molar-refractivity contribution in [2.75, 3.05) is 31.6 Å². The Kier molecular flexibility index (Phi) is 10.5. The SMILES string of the molecule is C/C=C(\C=C/CC(C)(C)C)OSN1CCC2=CC(Nc3ccc(F)cc3)=C(C)CC2(COCCC#N)C1. The van der Waals surface area contributed by atoms with E-state index in [1.54, 1.807) is 12.1 Å². The first-order valence-corrected chi connectivity index (χ1v) is 13.6. The van der Waals surface area contributed by atoms with Gasteiger partial charge in [-0.3, -0.25) is 0 Å². The number of nitrogens with zero attached hydrogens (tertiary/aromatic N) is 2. The molecule has 1 aromatic carbocycles. The Labute approximate surface area is 226 Å². The van der Waals surface area contributed by atoms with E-state index in [9.17, 15) is 4.39 Å². The van der Waals surface area contributed by atoms with Gasteiger partial charge in [0.2, 0.25) is 0 Å². The van der Waals surface area contributed by atoms with E-state index in [0.29, 0.717) is 19.6 Å². The summed E-state index contributed by atoms with van der Waals surface area (Å²) >= 11 is 1.40. The number of nitrogens with one attached hydrogen (secondary N) is 1. The van der Waals surface area contributed by atoms with Crippen LogP contribution >= 0.6 is 12.2 Å². The van der Waals surface area contributed by atoms with Crippen LogP contribution in [0.15, 0.2) is 71.2 Å². The highest BCUT2D eigenvalue weighted by molar-refractivity contribution is 7.92. The molecule has 1 aliphatic heterocycles. The van der Waals surface area contributed by atoms with Crippen LogP contribution in [-0.2, 0) is 8.92 Å². The van der Waals surface area contributed by atoms with Gasteiger partial charge in [0, 0.05) is 29.9 Å². The number of anilines is 1. The van der Waals surface area contributed by atoms with Gasteiger partial charge in [-0.1, -0.05) is 32.4 Å². The van der Waals surface area contributed by atoms with E-state index in [0.717, 1.165) is 49.5 Å². The first kappa shape index (κ1) is 29.0. The molecule has 1 N–H and O–H groups in total. The Bertz CT molecular complexity index is 1080. The molecule has 1 unspecified atom stereocenters. The van der Waals surface area contributed by atoms with Crippen molar-refractivity contribution in [2.45, 2.75) is 60.3 Å². The third-order valence-electron chi connectivity index (χ3n) is 6.57. The molecule has 0 spiro atoms. The molecule has 2 aliphatic rings. The quantitative estimate of drug-likeness (QED) is 0.104. The van der Waals surface area contributed by atoms with Crippen LogP contribution in [0.5, 0.6) is 0 Å². The number of fused-ring (bicyclic) bond motifs is 1. The summed E-state index contributed by atoms with van der Waals surface area (Å²) in [7, 11) is 0. The van der Waals surface area contributed by atoms with Crippen LogP contribution in [-0.4, -0.2) is 30.6 Å². The summed E-state index contributed by atoms with van der Waals surface area (Å²) in [5.41, 5.74) is 4.56. The maximum Gasteiger partial charge on any atom is 0.146 e. The normalized spacial score (nSPS) is 21.0. The molecule has 1 saturated heterocycles. The van der Waals surface area contributed by atoms with Crippen molar-refractivity contribution in [3.63, 3.8) is 0 Å². The van der Waals surface area contributed by atoms with Gasteiger partial charge in [-0.25, -0.2) is 8.70 Å². The van der Waals surface area contributed by atoms with Crippen molar-refractivity contribution in [2.24, 2.45) is 10.8 Å². The highest BCUT2D eigenvalue weighted by atomic mass is 32.2. The lowest BCUT2D eigenvalue weighted by atomic mass is 9.69. The summed E-state index contributed by atoms with van der Waals surface area (Å²) < 4.78 is 27.8. The molecule has 0 bridgehead atoms. The highest BCUT2D eigenvalue weighted by Gasteiger charge is 2.43. The molecule has 1 aliphatic carbocycles. The van der Waals surface area contributed by atoms with Gasteiger partial charge in [-0.15, -0.1) is 0 Å². The molecule has 5 nitrogen and oxygen atoms in total. The molecule has 1 atom stereocenters. The van der Waals surface area contributed by atoms with Crippen molar-refractivity contribution in [1.29, 1.82) is 5.26 Å². The number of piperidine rings is 1. The number of benzene rings is 1. The summed E-state index contributed by atoms with van der Waals surface area (Å²) in [6.45, 7) is 13.4. The lowest BCUT2D eigenvalue weighted by Crippen LogP contribution is -2.46. The monoisotopic (exact) mass is 525 g/mol. The molecule has 0 radical (unpaired) electrons. The Morgan fingerprint density at radius 2 is 2.05 bits per heavy atom. The summed E-state index contributed by atoms with van der Waals surface area (Å²) in [4.78, 5) is 0. The number of hydrogen-bond donors (Lipinski definition) is 1. The Balaban J connectivity index is 1.71. The van der Waals surface area contributed by atoms with Gasteiger partial charge < -0.3 is 14.2 Å². The van der Waals surface area contributed by atoms with Gasteiger partial charge in [-0.05, 0) is 86.6 Å². The molecule has 1 heterocycles. The average molecular weight is 526 g/mol. The summed E-state index contributed by atoms with van der Waals surface area (Å²) in [5, 5.41) is 12.4. The molecular weight excluding hydrogens is 485 g/mol. The van der Waals surface area contributed by atoms with Gasteiger partial charge in [0.25, 0.3) is 0 Å². The molecule has 3 rings (SSSR count). The van der Waals surface area contributed by atoms with Gasteiger partial charge >= 0.3 is 0 Å². The van der Waals surface area contributed by atoms with Crippen LogP contribution in [0.3, 0.4) is 0 Å². The second kappa shape index (κ2) is 13.3. The number of ether oxygens (including phenoxy) is 1. The number of allylic oxidation sites excluding steroid dienone is 5. The van der Waals surface area contributed by atoms with Crippen LogP contribution in [0, 0.1) is 28.0 Å². The smallest absolute Gasteiger partial charge is 0.146 e. The fourth-order valence-electron chi connectivity index (χ4n) is 4.59. The third-order valence-corrected chi connectivity index (χ3v) is 7.36. The Morgan fingerprint density at radius 3 is 2.73 bits per heavy atom. The first-order chi connectivity index (χ1) is 17.6. The van der Waals surface area contributed by atoms with Crippen LogP contribution in [0.25, 0.3) is 0 Å². The van der Waals surface area contributed by atoms with Gasteiger partial charge in [0.1, 0.15) is 23.8 Å². The Morgan fingerprint density at radius 1 is 1.30 bits per heavy atom. The largest absolute Gasteiger partial charge is 0.410 e. The molecule has 0 saturated carbocycles. The van der Waals surface area contributed by atoms with Crippen molar-refractivity contribution in [3.8, 4) is 6.07 Å². The van der Waals surface area contributed by atoms with E-state index in [1.807, 2.05) is 13.0 Å². The minimum Gasteiger partial charge on any atom is -0.410 e. The van der Waals surface area contributed by atoms with Crippen LogP contribution in [0.1, 0.15) is 60.3 Å². The molecule has 1 fully saturated rings. The molecular formula is C30H40FN3O2S. The first-order valence-electron chi connectivity index (χ1n) is 12.9. The maximum atomic E-state index is 13.4. The maximum absolute atomic E-state index is 13.4. The number of hydrogen-bond acceptors (Lipinski definition) is 6. The summed E-state index contributed by atoms with van der Waals surface area (Å²) in [6.07, 6.45) is 11.6. The molecule has 200 valence electrons. The van der Waals surface area contributed by atoms with Gasteiger partial charge in [0.05, 0.1) is 25.7 Å². The second-order valence-corrected chi connectivity index (χ2v) is 11.9. The summed E-state index contributed by atoms with van der Waals surface area (Å²) in [6, 6.07) is 8.61. The lowest BCUT2D eigenvalue weighted by molar-refractivity contribution is 0.0436. The lowest BCUT2D eigenvalue weighted by Gasteiger charge is -2.46. The van der Waals surface area contributed by atoms with Crippen LogP contribution in [0.4, 0.5) is 10.1 Å². The molecule has 0 amide bonds. The van der Waals surface area contributed by atoms with Crippen molar-refractivity contribution in [3.05, 3.63) is 77.0 Å².